The number of hydrogen-bond acceptors (Lipinski definition) is 6. The number of nitrogens with one attached hydrogen (secondary N) is 1. The van der Waals surface area contributed by atoms with E-state index < -0.39 is 5.60 Å². The van der Waals surface area contributed by atoms with E-state index in [1.54, 1.807) is 0 Å². The summed E-state index contributed by atoms with van der Waals surface area (Å²) in [5.74, 6) is 1.50. The van der Waals surface area contributed by atoms with Gasteiger partial charge in [-0.25, -0.2) is 14.8 Å². The topological polar surface area (TPSA) is 93.4 Å². The smallest absolute Gasteiger partial charge is 0.407 e. The lowest BCUT2D eigenvalue weighted by atomic mass is 10.1. The zero-order chi connectivity index (χ0) is 18.0. The Hall–Kier alpha value is -2.57. The van der Waals surface area contributed by atoms with E-state index in [4.69, 9.17) is 10.5 Å². The van der Waals surface area contributed by atoms with E-state index in [2.05, 4.69) is 20.2 Å². The van der Waals surface area contributed by atoms with Gasteiger partial charge >= 0.3 is 6.09 Å². The Morgan fingerprint density at radius 3 is 2.68 bits per heavy atom. The van der Waals surface area contributed by atoms with Crippen molar-refractivity contribution in [3.05, 3.63) is 24.3 Å². The third-order valence-corrected chi connectivity index (χ3v) is 4.10. The van der Waals surface area contributed by atoms with Crippen molar-refractivity contribution in [3.8, 4) is 0 Å². The number of aromatic nitrogens is 2. The quantitative estimate of drug-likeness (QED) is 0.889. The molecule has 1 atom stereocenters. The zero-order valence-corrected chi connectivity index (χ0v) is 15.0. The van der Waals surface area contributed by atoms with Crippen molar-refractivity contribution in [1.82, 2.24) is 15.3 Å². The van der Waals surface area contributed by atoms with E-state index in [-0.39, 0.29) is 6.09 Å². The predicted octanol–water partition coefficient (Wildman–Crippen LogP) is 2.56. The van der Waals surface area contributed by atoms with Crippen LogP contribution in [-0.2, 0) is 4.74 Å². The molecule has 1 amide bonds. The molecule has 0 radical (unpaired) electrons. The summed E-state index contributed by atoms with van der Waals surface area (Å²) in [4.78, 5) is 23.0. The van der Waals surface area contributed by atoms with Crippen LogP contribution in [0.5, 0.6) is 0 Å². The highest BCUT2D eigenvalue weighted by molar-refractivity contribution is 5.79. The van der Waals surface area contributed by atoms with Crippen LogP contribution < -0.4 is 16.0 Å². The Morgan fingerprint density at radius 2 is 2.00 bits per heavy atom. The fourth-order valence-corrected chi connectivity index (χ4v) is 2.97. The summed E-state index contributed by atoms with van der Waals surface area (Å²) >= 11 is 0. The Bertz CT molecular complexity index is 772. The maximum atomic E-state index is 11.8. The highest BCUT2D eigenvalue weighted by Gasteiger charge is 2.26. The number of anilines is 2. The maximum Gasteiger partial charge on any atom is 0.407 e. The third-order valence-electron chi connectivity index (χ3n) is 4.10. The largest absolute Gasteiger partial charge is 0.444 e. The van der Waals surface area contributed by atoms with Crippen LogP contribution in [0.4, 0.5) is 16.4 Å². The molecule has 1 fully saturated rings. The van der Waals surface area contributed by atoms with Crippen LogP contribution in [0.3, 0.4) is 0 Å². The van der Waals surface area contributed by atoms with Gasteiger partial charge in [0.05, 0.1) is 11.0 Å². The number of hydrogen-bond donors (Lipinski definition) is 2. The molecule has 1 unspecified atom stereocenters. The summed E-state index contributed by atoms with van der Waals surface area (Å²) in [7, 11) is 0. The number of ether oxygens (including phenoxy) is 1. The molecule has 2 heterocycles. The highest BCUT2D eigenvalue weighted by Crippen LogP contribution is 2.27. The minimum Gasteiger partial charge on any atom is -0.444 e. The molecule has 25 heavy (non-hydrogen) atoms. The number of nitrogens with two attached hydrogens (primary N) is 1. The van der Waals surface area contributed by atoms with Crippen molar-refractivity contribution < 1.29 is 9.53 Å². The van der Waals surface area contributed by atoms with Gasteiger partial charge in [-0.1, -0.05) is 12.1 Å². The second kappa shape index (κ2) is 6.74. The summed E-state index contributed by atoms with van der Waals surface area (Å²) in [6.45, 7) is 7.76. The molecule has 1 saturated heterocycles. The fourth-order valence-electron chi connectivity index (χ4n) is 2.97. The first-order valence-corrected chi connectivity index (χ1v) is 8.56. The number of carbonyl (C=O) groups excluding carboxylic acids is 1. The predicted molar refractivity (Wildman–Crippen MR) is 98.5 cm³/mol. The second-order valence-corrected chi connectivity index (χ2v) is 7.40. The van der Waals surface area contributed by atoms with Gasteiger partial charge in [-0.05, 0) is 45.2 Å². The summed E-state index contributed by atoms with van der Waals surface area (Å²) in [5.41, 5.74) is 7.25. The number of benzene rings is 1. The number of rotatable bonds is 3. The second-order valence-electron chi connectivity index (χ2n) is 7.40. The van der Waals surface area contributed by atoms with E-state index in [1.807, 2.05) is 45.0 Å². The van der Waals surface area contributed by atoms with E-state index in [0.717, 1.165) is 36.4 Å². The number of para-hydroxylation sites is 2. The van der Waals surface area contributed by atoms with E-state index in [0.29, 0.717) is 18.3 Å². The first kappa shape index (κ1) is 17.3. The van der Waals surface area contributed by atoms with Gasteiger partial charge in [0.25, 0.3) is 0 Å². The van der Waals surface area contributed by atoms with Gasteiger partial charge in [0.2, 0.25) is 0 Å². The molecule has 1 aliphatic heterocycles. The molecule has 1 aliphatic rings. The Kier molecular flexibility index (Phi) is 4.65. The average molecular weight is 343 g/mol. The minimum atomic E-state index is -0.485. The van der Waals surface area contributed by atoms with Crippen molar-refractivity contribution in [3.63, 3.8) is 0 Å². The number of amides is 1. The molecule has 3 rings (SSSR count). The van der Waals surface area contributed by atoms with Crippen LogP contribution in [0.25, 0.3) is 11.0 Å². The third kappa shape index (κ3) is 4.29. The molecule has 1 aromatic carbocycles. The van der Waals surface area contributed by atoms with E-state index >= 15 is 0 Å². The number of fused-ring (bicyclic) bond motifs is 1. The highest BCUT2D eigenvalue weighted by atomic mass is 16.6. The lowest BCUT2D eigenvalue weighted by molar-refractivity contribution is 0.0520. The van der Waals surface area contributed by atoms with Crippen LogP contribution in [0, 0.1) is 5.92 Å². The summed E-state index contributed by atoms with van der Waals surface area (Å²) in [6.07, 6.45) is 0.583. The molecule has 0 aliphatic carbocycles. The lowest BCUT2D eigenvalue weighted by Gasteiger charge is -2.21. The van der Waals surface area contributed by atoms with Gasteiger partial charge in [-0.2, -0.15) is 0 Å². The van der Waals surface area contributed by atoms with E-state index in [9.17, 15) is 4.79 Å². The van der Waals surface area contributed by atoms with Crippen LogP contribution in [-0.4, -0.2) is 41.3 Å². The van der Waals surface area contributed by atoms with Gasteiger partial charge in [-0.3, -0.25) is 0 Å². The van der Waals surface area contributed by atoms with Gasteiger partial charge in [0.1, 0.15) is 5.60 Å². The SMILES string of the molecule is CC(C)(C)OC(=O)NCC1CCN(c2nc3ccccc3nc2N)C1. The van der Waals surface area contributed by atoms with Crippen LogP contribution in [0.2, 0.25) is 0 Å². The molecule has 1 aromatic heterocycles. The molecule has 2 aromatic rings. The maximum absolute atomic E-state index is 11.8. The number of carbonyl (C=O) groups is 1. The first-order valence-electron chi connectivity index (χ1n) is 8.56. The normalized spacial score (nSPS) is 17.7. The van der Waals surface area contributed by atoms with E-state index in [1.165, 1.54) is 0 Å². The van der Waals surface area contributed by atoms with Gasteiger partial charge in [0, 0.05) is 19.6 Å². The molecule has 0 bridgehead atoms. The molecule has 134 valence electrons. The fraction of sp³-hybridized carbons (Fsp3) is 0.500. The van der Waals surface area contributed by atoms with Crippen molar-refractivity contribution >= 4 is 28.8 Å². The molecule has 3 N–H and O–H groups in total. The lowest BCUT2D eigenvalue weighted by Crippen LogP contribution is -2.36. The van der Waals surface area contributed by atoms with Gasteiger partial charge in [0.15, 0.2) is 11.6 Å². The molecule has 7 heteroatoms. The number of nitrogen functional groups attached to an aromatic ring is 1. The number of nitrogens with zero attached hydrogens (tertiary/aromatic N) is 3. The molecule has 7 nitrogen and oxygen atoms in total. The standard InChI is InChI=1S/C18H25N5O2/c1-18(2,3)25-17(24)20-10-12-8-9-23(11-12)16-15(19)21-13-6-4-5-7-14(13)22-16/h4-7,12H,8-11H2,1-3H3,(H2,19,21)(H,20,24). The Balaban J connectivity index is 1.61. The molecule has 0 spiro atoms. The van der Waals surface area contributed by atoms with Crippen LogP contribution in [0.15, 0.2) is 24.3 Å². The molecule has 0 saturated carbocycles. The van der Waals surface area contributed by atoms with Gasteiger partial charge < -0.3 is 20.7 Å². The molecular weight excluding hydrogens is 318 g/mol. The number of alkyl carbamates (subject to hydrolysis) is 1. The molecular formula is C18H25N5O2. The summed E-state index contributed by atoms with van der Waals surface area (Å²) < 4.78 is 5.27. The van der Waals surface area contributed by atoms with Crippen LogP contribution >= 0.6 is 0 Å². The Labute approximate surface area is 147 Å². The van der Waals surface area contributed by atoms with Crippen molar-refractivity contribution in [1.29, 1.82) is 0 Å². The van der Waals surface area contributed by atoms with Crippen LogP contribution in [0.1, 0.15) is 27.2 Å². The van der Waals surface area contributed by atoms with Crippen molar-refractivity contribution in [2.45, 2.75) is 32.8 Å². The van der Waals surface area contributed by atoms with Crippen molar-refractivity contribution in [2.75, 3.05) is 30.3 Å². The zero-order valence-electron chi connectivity index (χ0n) is 15.0. The average Bonchev–Trinajstić information content (AvgIpc) is 2.99. The summed E-state index contributed by atoms with van der Waals surface area (Å²) in [6, 6.07) is 7.70. The Morgan fingerprint density at radius 1 is 1.32 bits per heavy atom. The van der Waals surface area contributed by atoms with Gasteiger partial charge in [-0.15, -0.1) is 0 Å². The first-order chi connectivity index (χ1) is 11.8. The minimum absolute atomic E-state index is 0.334. The monoisotopic (exact) mass is 343 g/mol. The van der Waals surface area contributed by atoms with Crippen molar-refractivity contribution in [2.24, 2.45) is 5.92 Å². The summed E-state index contributed by atoms with van der Waals surface area (Å²) in [5, 5.41) is 2.84.